The first kappa shape index (κ1) is 15.0. The summed E-state index contributed by atoms with van der Waals surface area (Å²) in [7, 11) is 0. The molecule has 3 rings (SSSR count). The van der Waals surface area contributed by atoms with Crippen LogP contribution in [0.15, 0.2) is 30.3 Å². The van der Waals surface area contributed by atoms with Gasteiger partial charge in [0.1, 0.15) is 0 Å². The molecule has 2 atom stereocenters. The number of nitrogens with zero attached hydrogens (tertiary/aromatic N) is 1. The Bertz CT molecular complexity index is 403. The average Bonchev–Trinajstić information content (AvgIpc) is 2.74. The summed E-state index contributed by atoms with van der Waals surface area (Å²) in [6.45, 7) is 6.70. The maximum Gasteiger partial charge on any atom is 0.0506 e. The normalized spacial score (nSPS) is 28.2. The van der Waals surface area contributed by atoms with E-state index in [1.54, 1.807) is 0 Å². The lowest BCUT2D eigenvalue weighted by atomic mass is 10.0. The fraction of sp³-hybridized carbons (Fsp3) is 0.667. The third-order valence-electron chi connectivity index (χ3n) is 4.66. The van der Waals surface area contributed by atoms with Crippen molar-refractivity contribution in [3.8, 4) is 0 Å². The summed E-state index contributed by atoms with van der Waals surface area (Å²) < 4.78 is 5.64. The average molecular weight is 288 g/mol. The minimum Gasteiger partial charge on any atom is -0.381 e. The third kappa shape index (κ3) is 4.80. The van der Waals surface area contributed by atoms with Crippen molar-refractivity contribution in [3.05, 3.63) is 35.9 Å². The minimum atomic E-state index is 0.583. The third-order valence-corrected chi connectivity index (χ3v) is 4.66. The lowest BCUT2D eigenvalue weighted by Gasteiger charge is -2.30. The van der Waals surface area contributed by atoms with Crippen molar-refractivity contribution >= 4 is 0 Å². The number of hydrogen-bond acceptors (Lipinski definition) is 3. The predicted octanol–water partition coefficient (Wildman–Crippen LogP) is 2.32. The molecule has 2 fully saturated rings. The van der Waals surface area contributed by atoms with E-state index in [1.807, 2.05) is 0 Å². The molecule has 0 aromatic heterocycles. The van der Waals surface area contributed by atoms with Crippen LogP contribution < -0.4 is 5.32 Å². The first-order chi connectivity index (χ1) is 10.4. The predicted molar refractivity (Wildman–Crippen MR) is 86.5 cm³/mol. The topological polar surface area (TPSA) is 24.5 Å². The van der Waals surface area contributed by atoms with Gasteiger partial charge in [0.15, 0.2) is 0 Å². The molecule has 3 nitrogen and oxygen atoms in total. The summed E-state index contributed by atoms with van der Waals surface area (Å²) in [6.07, 6.45) is 4.98. The maximum atomic E-state index is 5.64. The quantitative estimate of drug-likeness (QED) is 0.920. The van der Waals surface area contributed by atoms with Crippen LogP contribution in [0.3, 0.4) is 0 Å². The molecule has 0 radical (unpaired) electrons. The Morgan fingerprint density at radius 1 is 1.19 bits per heavy atom. The van der Waals surface area contributed by atoms with Gasteiger partial charge in [0.2, 0.25) is 0 Å². The van der Waals surface area contributed by atoms with Gasteiger partial charge in [0.05, 0.1) is 6.61 Å². The highest BCUT2D eigenvalue weighted by atomic mass is 16.5. The van der Waals surface area contributed by atoms with Crippen LogP contribution in [0.2, 0.25) is 0 Å². The molecule has 2 saturated heterocycles. The van der Waals surface area contributed by atoms with E-state index in [2.05, 4.69) is 40.5 Å². The molecule has 0 bridgehead atoms. The summed E-state index contributed by atoms with van der Waals surface area (Å²) in [6, 6.07) is 11.4. The Hall–Kier alpha value is -0.900. The van der Waals surface area contributed by atoms with Crippen molar-refractivity contribution in [1.29, 1.82) is 0 Å². The molecule has 1 N–H and O–H groups in total. The molecule has 2 heterocycles. The van der Waals surface area contributed by atoms with Crippen LogP contribution in [0.1, 0.15) is 24.8 Å². The van der Waals surface area contributed by atoms with Crippen LogP contribution in [0.4, 0.5) is 0 Å². The Morgan fingerprint density at radius 3 is 2.90 bits per heavy atom. The molecule has 2 aliphatic rings. The first-order valence-corrected chi connectivity index (χ1v) is 8.47. The zero-order chi connectivity index (χ0) is 14.3. The second-order valence-electron chi connectivity index (χ2n) is 6.54. The molecular weight excluding hydrogens is 260 g/mol. The van der Waals surface area contributed by atoms with E-state index in [-0.39, 0.29) is 0 Å². The van der Waals surface area contributed by atoms with Crippen LogP contribution in [0, 0.1) is 5.92 Å². The van der Waals surface area contributed by atoms with Gasteiger partial charge in [-0.15, -0.1) is 0 Å². The maximum absolute atomic E-state index is 5.64. The van der Waals surface area contributed by atoms with E-state index in [0.717, 1.165) is 32.1 Å². The molecular formula is C18H28N2O. The smallest absolute Gasteiger partial charge is 0.0506 e. The fourth-order valence-corrected chi connectivity index (χ4v) is 3.59. The van der Waals surface area contributed by atoms with Gasteiger partial charge < -0.3 is 15.0 Å². The zero-order valence-electron chi connectivity index (χ0n) is 13.0. The van der Waals surface area contributed by atoms with Gasteiger partial charge in [-0.25, -0.2) is 0 Å². The zero-order valence-corrected chi connectivity index (χ0v) is 13.0. The number of rotatable bonds is 4. The number of benzene rings is 1. The second-order valence-corrected chi connectivity index (χ2v) is 6.54. The number of hydrogen-bond donors (Lipinski definition) is 1. The minimum absolute atomic E-state index is 0.583. The molecule has 3 heteroatoms. The molecule has 116 valence electrons. The Kier molecular flexibility index (Phi) is 5.67. The van der Waals surface area contributed by atoms with E-state index >= 15 is 0 Å². The first-order valence-electron chi connectivity index (χ1n) is 8.47. The Morgan fingerprint density at radius 2 is 2.10 bits per heavy atom. The summed E-state index contributed by atoms with van der Waals surface area (Å²) in [5, 5.41) is 3.72. The number of nitrogens with one attached hydrogen (secondary N) is 1. The van der Waals surface area contributed by atoms with Crippen molar-refractivity contribution in [1.82, 2.24) is 10.2 Å². The second kappa shape index (κ2) is 7.92. The van der Waals surface area contributed by atoms with Crippen molar-refractivity contribution in [3.63, 3.8) is 0 Å². The van der Waals surface area contributed by atoms with Crippen molar-refractivity contribution in [2.45, 2.75) is 31.7 Å². The lowest BCUT2D eigenvalue weighted by molar-refractivity contribution is 0.0382. The standard InChI is InChI=1S/C18H28N2O/c1-2-6-16(7-3-1)12-18-14-20(10-5-9-19-18)13-17-8-4-11-21-15-17/h1-3,6-7,17-19H,4-5,8-15H2. The molecule has 0 aliphatic carbocycles. The van der Waals surface area contributed by atoms with Gasteiger partial charge >= 0.3 is 0 Å². The van der Waals surface area contributed by atoms with Crippen LogP contribution in [0.25, 0.3) is 0 Å². The van der Waals surface area contributed by atoms with E-state index in [4.69, 9.17) is 4.74 Å². The van der Waals surface area contributed by atoms with Crippen molar-refractivity contribution < 1.29 is 4.74 Å². The van der Waals surface area contributed by atoms with Crippen LogP contribution in [-0.4, -0.2) is 50.3 Å². The Labute approximate surface area is 128 Å². The monoisotopic (exact) mass is 288 g/mol. The molecule has 2 unspecified atom stereocenters. The SMILES string of the molecule is c1ccc(CC2CN(CC3CCCOC3)CCCN2)cc1. The van der Waals surface area contributed by atoms with Gasteiger partial charge in [0.25, 0.3) is 0 Å². The molecule has 1 aromatic carbocycles. The van der Waals surface area contributed by atoms with E-state index in [9.17, 15) is 0 Å². The van der Waals surface area contributed by atoms with Crippen LogP contribution in [0.5, 0.6) is 0 Å². The number of ether oxygens (including phenoxy) is 1. The van der Waals surface area contributed by atoms with Crippen LogP contribution >= 0.6 is 0 Å². The van der Waals surface area contributed by atoms with Gasteiger partial charge in [0, 0.05) is 25.7 Å². The van der Waals surface area contributed by atoms with Crippen molar-refractivity contribution in [2.75, 3.05) is 39.4 Å². The highest BCUT2D eigenvalue weighted by Gasteiger charge is 2.22. The summed E-state index contributed by atoms with van der Waals surface area (Å²) in [5.41, 5.74) is 1.44. The van der Waals surface area contributed by atoms with Gasteiger partial charge in [-0.05, 0) is 50.3 Å². The summed E-state index contributed by atoms with van der Waals surface area (Å²) >= 11 is 0. The Balaban J connectivity index is 1.53. The van der Waals surface area contributed by atoms with Gasteiger partial charge in [-0.3, -0.25) is 0 Å². The summed E-state index contributed by atoms with van der Waals surface area (Å²) in [5.74, 6) is 0.745. The molecule has 21 heavy (non-hydrogen) atoms. The fourth-order valence-electron chi connectivity index (χ4n) is 3.59. The van der Waals surface area contributed by atoms with Crippen molar-refractivity contribution in [2.24, 2.45) is 5.92 Å². The molecule has 0 saturated carbocycles. The lowest BCUT2D eigenvalue weighted by Crippen LogP contribution is -2.41. The highest BCUT2D eigenvalue weighted by Crippen LogP contribution is 2.16. The molecule has 0 spiro atoms. The summed E-state index contributed by atoms with van der Waals surface area (Å²) in [4.78, 5) is 2.66. The molecule has 0 amide bonds. The van der Waals surface area contributed by atoms with E-state index in [0.29, 0.717) is 6.04 Å². The van der Waals surface area contributed by atoms with E-state index in [1.165, 1.54) is 44.5 Å². The highest BCUT2D eigenvalue weighted by molar-refractivity contribution is 5.16. The van der Waals surface area contributed by atoms with Crippen LogP contribution in [-0.2, 0) is 11.2 Å². The van der Waals surface area contributed by atoms with E-state index < -0.39 is 0 Å². The molecule has 1 aromatic rings. The molecule has 2 aliphatic heterocycles. The largest absolute Gasteiger partial charge is 0.381 e. The van der Waals surface area contributed by atoms with Gasteiger partial charge in [-0.1, -0.05) is 30.3 Å². The van der Waals surface area contributed by atoms with Gasteiger partial charge in [-0.2, -0.15) is 0 Å².